The van der Waals surface area contributed by atoms with Gasteiger partial charge < -0.3 is 10.1 Å². The predicted molar refractivity (Wildman–Crippen MR) is 87.6 cm³/mol. The first-order valence-electron chi connectivity index (χ1n) is 8.17. The Morgan fingerprint density at radius 1 is 1.10 bits per heavy atom. The van der Waals surface area contributed by atoms with Crippen molar-refractivity contribution in [2.24, 2.45) is 0 Å². The van der Waals surface area contributed by atoms with E-state index in [1.165, 1.54) is 24.8 Å². The molecule has 1 aromatic rings. The average molecular weight is 277 g/mol. The molecule has 2 heteroatoms. The third-order valence-corrected chi connectivity index (χ3v) is 3.82. The zero-order chi connectivity index (χ0) is 14.8. The Balaban J connectivity index is 2.62. The first kappa shape index (κ1) is 17.0. The van der Waals surface area contributed by atoms with Crippen LogP contribution in [-0.4, -0.2) is 19.2 Å². The minimum atomic E-state index is 0.463. The zero-order valence-corrected chi connectivity index (χ0v) is 13.6. The van der Waals surface area contributed by atoms with Crippen LogP contribution in [0.5, 0.6) is 5.75 Å². The van der Waals surface area contributed by atoms with Crippen LogP contribution in [0.25, 0.3) is 0 Å². The maximum absolute atomic E-state index is 6.11. The number of rotatable bonds is 10. The van der Waals surface area contributed by atoms with Gasteiger partial charge in [0.05, 0.1) is 0 Å². The monoisotopic (exact) mass is 277 g/mol. The van der Waals surface area contributed by atoms with Crippen molar-refractivity contribution in [2.45, 2.75) is 65.3 Å². The Bertz CT molecular complexity index is 364. The Morgan fingerprint density at radius 2 is 1.85 bits per heavy atom. The Labute approximate surface area is 124 Å². The molecular weight excluding hydrogens is 246 g/mol. The lowest BCUT2D eigenvalue weighted by Gasteiger charge is -2.21. The van der Waals surface area contributed by atoms with Gasteiger partial charge in [-0.15, -0.1) is 0 Å². The molecule has 0 aliphatic heterocycles. The van der Waals surface area contributed by atoms with Crippen LogP contribution in [0.15, 0.2) is 24.3 Å². The van der Waals surface area contributed by atoms with E-state index in [1.54, 1.807) is 0 Å². The third kappa shape index (κ3) is 5.54. The highest BCUT2D eigenvalue weighted by molar-refractivity contribution is 5.35. The minimum Gasteiger partial charge on any atom is -0.492 e. The molecule has 2 atom stereocenters. The summed E-state index contributed by atoms with van der Waals surface area (Å²) in [4.78, 5) is 0. The topological polar surface area (TPSA) is 21.3 Å². The fraction of sp³-hybridized carbons (Fsp3) is 0.667. The molecule has 1 rings (SSSR count). The van der Waals surface area contributed by atoms with Gasteiger partial charge in [0.15, 0.2) is 0 Å². The van der Waals surface area contributed by atoms with E-state index in [9.17, 15) is 0 Å². The molecule has 2 nitrogen and oxygen atoms in total. The normalized spacial score (nSPS) is 14.0. The van der Waals surface area contributed by atoms with Gasteiger partial charge in [0, 0.05) is 6.04 Å². The van der Waals surface area contributed by atoms with Crippen molar-refractivity contribution in [3.05, 3.63) is 29.8 Å². The van der Waals surface area contributed by atoms with Crippen LogP contribution in [-0.2, 0) is 0 Å². The minimum absolute atomic E-state index is 0.463. The molecule has 0 fully saturated rings. The van der Waals surface area contributed by atoms with Gasteiger partial charge in [-0.2, -0.15) is 0 Å². The van der Waals surface area contributed by atoms with Crippen LogP contribution >= 0.6 is 0 Å². The molecule has 0 saturated carbocycles. The standard InChI is InChI=1S/C18H31NO/c1-5-10-16(19-13-6-2)14-20-18-12-9-8-11-17(18)15(4)7-3/h8-9,11-12,15-16,19H,5-7,10,13-14H2,1-4H3. The van der Waals surface area contributed by atoms with Gasteiger partial charge >= 0.3 is 0 Å². The number of ether oxygens (including phenoxy) is 1. The van der Waals surface area contributed by atoms with Crippen molar-refractivity contribution in [2.75, 3.05) is 13.2 Å². The Morgan fingerprint density at radius 3 is 2.50 bits per heavy atom. The molecule has 2 unspecified atom stereocenters. The van der Waals surface area contributed by atoms with Crippen LogP contribution in [0.3, 0.4) is 0 Å². The molecule has 0 radical (unpaired) electrons. The number of hydrogen-bond donors (Lipinski definition) is 1. The highest BCUT2D eigenvalue weighted by Gasteiger charge is 2.12. The second kappa shape index (κ2) is 9.82. The van der Waals surface area contributed by atoms with E-state index >= 15 is 0 Å². The van der Waals surface area contributed by atoms with Crippen molar-refractivity contribution in [3.63, 3.8) is 0 Å². The lowest BCUT2D eigenvalue weighted by Crippen LogP contribution is -2.35. The third-order valence-electron chi connectivity index (χ3n) is 3.82. The molecule has 1 N–H and O–H groups in total. The summed E-state index contributed by atoms with van der Waals surface area (Å²) in [7, 11) is 0. The van der Waals surface area contributed by atoms with Crippen LogP contribution in [0.2, 0.25) is 0 Å². The van der Waals surface area contributed by atoms with Crippen LogP contribution in [0.1, 0.15) is 64.9 Å². The van der Waals surface area contributed by atoms with Gasteiger partial charge in [-0.05, 0) is 43.4 Å². The van der Waals surface area contributed by atoms with Crippen molar-refractivity contribution in [3.8, 4) is 5.75 Å². The summed E-state index contributed by atoms with van der Waals surface area (Å²) in [5.41, 5.74) is 1.33. The maximum atomic E-state index is 6.11. The van der Waals surface area contributed by atoms with E-state index in [-0.39, 0.29) is 0 Å². The van der Waals surface area contributed by atoms with Crippen molar-refractivity contribution < 1.29 is 4.74 Å². The average Bonchev–Trinajstić information content (AvgIpc) is 2.49. The highest BCUT2D eigenvalue weighted by atomic mass is 16.5. The maximum Gasteiger partial charge on any atom is 0.122 e. The van der Waals surface area contributed by atoms with Gasteiger partial charge in [0.25, 0.3) is 0 Å². The molecule has 0 saturated heterocycles. The fourth-order valence-corrected chi connectivity index (χ4v) is 2.37. The smallest absolute Gasteiger partial charge is 0.122 e. The van der Waals surface area contributed by atoms with E-state index in [2.05, 4.69) is 57.3 Å². The Hall–Kier alpha value is -1.02. The lowest BCUT2D eigenvalue weighted by atomic mass is 9.98. The predicted octanol–water partition coefficient (Wildman–Crippen LogP) is 4.75. The van der Waals surface area contributed by atoms with E-state index in [4.69, 9.17) is 4.74 Å². The summed E-state index contributed by atoms with van der Waals surface area (Å²) < 4.78 is 6.11. The molecule has 0 amide bonds. The van der Waals surface area contributed by atoms with Gasteiger partial charge in [-0.3, -0.25) is 0 Å². The fourth-order valence-electron chi connectivity index (χ4n) is 2.37. The summed E-state index contributed by atoms with van der Waals surface area (Å²) in [5, 5.41) is 3.58. The second-order valence-corrected chi connectivity index (χ2v) is 5.60. The molecule has 114 valence electrons. The largest absolute Gasteiger partial charge is 0.492 e. The molecule has 0 bridgehead atoms. The first-order chi connectivity index (χ1) is 9.72. The molecule has 20 heavy (non-hydrogen) atoms. The molecule has 0 aromatic heterocycles. The zero-order valence-electron chi connectivity index (χ0n) is 13.6. The van der Waals surface area contributed by atoms with Gasteiger partial charge in [-0.25, -0.2) is 0 Å². The molecule has 0 aliphatic carbocycles. The van der Waals surface area contributed by atoms with Gasteiger partial charge in [0.2, 0.25) is 0 Å². The van der Waals surface area contributed by atoms with Crippen LogP contribution in [0.4, 0.5) is 0 Å². The summed E-state index contributed by atoms with van der Waals surface area (Å²) >= 11 is 0. The molecular formula is C18H31NO. The van der Waals surface area contributed by atoms with Crippen LogP contribution in [0, 0.1) is 0 Å². The summed E-state index contributed by atoms with van der Waals surface area (Å²) in [5.74, 6) is 1.61. The van der Waals surface area contributed by atoms with Crippen molar-refractivity contribution in [1.29, 1.82) is 0 Å². The number of hydrogen-bond acceptors (Lipinski definition) is 2. The molecule has 1 aromatic carbocycles. The van der Waals surface area contributed by atoms with Crippen molar-refractivity contribution in [1.82, 2.24) is 5.32 Å². The molecule has 0 heterocycles. The van der Waals surface area contributed by atoms with E-state index in [0.717, 1.165) is 25.3 Å². The quantitative estimate of drug-likeness (QED) is 0.666. The number of para-hydroxylation sites is 1. The molecule has 0 spiro atoms. The number of benzene rings is 1. The van der Waals surface area contributed by atoms with E-state index in [0.29, 0.717) is 12.0 Å². The van der Waals surface area contributed by atoms with Gasteiger partial charge in [0.1, 0.15) is 12.4 Å². The van der Waals surface area contributed by atoms with Crippen LogP contribution < -0.4 is 10.1 Å². The molecule has 0 aliphatic rings. The first-order valence-corrected chi connectivity index (χ1v) is 8.17. The second-order valence-electron chi connectivity index (χ2n) is 5.60. The highest BCUT2D eigenvalue weighted by Crippen LogP contribution is 2.28. The number of nitrogens with one attached hydrogen (secondary N) is 1. The van der Waals surface area contributed by atoms with E-state index < -0.39 is 0 Å². The Kier molecular flexibility index (Phi) is 8.36. The summed E-state index contributed by atoms with van der Waals surface area (Å²) in [6, 6.07) is 8.93. The van der Waals surface area contributed by atoms with Gasteiger partial charge in [-0.1, -0.05) is 52.3 Å². The van der Waals surface area contributed by atoms with Crippen molar-refractivity contribution >= 4 is 0 Å². The van der Waals surface area contributed by atoms with E-state index in [1.807, 2.05) is 0 Å². The SMILES string of the molecule is CCCNC(CCC)COc1ccccc1C(C)CC. The summed E-state index contributed by atoms with van der Waals surface area (Å²) in [6.45, 7) is 10.8. The summed E-state index contributed by atoms with van der Waals surface area (Å²) in [6.07, 6.45) is 4.68. The lowest BCUT2D eigenvalue weighted by molar-refractivity contribution is 0.253.